The molecule has 0 atom stereocenters. The summed E-state index contributed by atoms with van der Waals surface area (Å²) >= 11 is 0. The quantitative estimate of drug-likeness (QED) is 0.401. The van der Waals surface area contributed by atoms with E-state index in [2.05, 4.69) is 20.5 Å². The third-order valence-electron chi connectivity index (χ3n) is 4.44. The lowest BCUT2D eigenvalue weighted by atomic mass is 10.2. The van der Waals surface area contributed by atoms with Crippen molar-refractivity contribution in [3.05, 3.63) is 92.4 Å². The molecule has 29 heavy (non-hydrogen) atoms. The summed E-state index contributed by atoms with van der Waals surface area (Å²) in [4.78, 5) is 31.1. The number of aromatic nitrogens is 4. The van der Waals surface area contributed by atoms with Gasteiger partial charge in [-0.3, -0.25) is 18.9 Å². The Kier molecular flexibility index (Phi) is 4.78. The van der Waals surface area contributed by atoms with E-state index in [4.69, 9.17) is 0 Å². The highest BCUT2D eigenvalue weighted by Gasteiger charge is 2.17. The Hall–Kier alpha value is -4.01. The van der Waals surface area contributed by atoms with Crippen molar-refractivity contribution in [2.45, 2.75) is 6.54 Å². The smallest absolute Gasteiger partial charge is 0.298 e. The number of nitrogens with one attached hydrogen (secondary N) is 2. The first-order valence-electron chi connectivity index (χ1n) is 8.81. The SMILES string of the molecule is Cn1c(=O)[nH]c(=O)c2c1nc(NN=Cc1ccccc1)n2Cc1ccc(F)cc1. The topological polar surface area (TPSA) is 97.1 Å². The molecule has 0 saturated carbocycles. The zero-order chi connectivity index (χ0) is 20.4. The maximum absolute atomic E-state index is 13.2. The van der Waals surface area contributed by atoms with Crippen molar-refractivity contribution in [2.24, 2.45) is 12.1 Å². The van der Waals surface area contributed by atoms with Gasteiger partial charge in [-0.25, -0.2) is 14.6 Å². The predicted octanol–water partition coefficient (Wildman–Crippen LogP) is 2.06. The second-order valence-corrected chi connectivity index (χ2v) is 6.42. The van der Waals surface area contributed by atoms with E-state index in [-0.39, 0.29) is 29.5 Å². The van der Waals surface area contributed by atoms with Crippen LogP contribution in [0, 0.1) is 5.82 Å². The molecule has 2 aromatic carbocycles. The predicted molar refractivity (Wildman–Crippen MR) is 109 cm³/mol. The number of anilines is 1. The number of hydrazone groups is 1. The molecule has 2 N–H and O–H groups in total. The molecule has 0 aliphatic rings. The van der Waals surface area contributed by atoms with Gasteiger partial charge in [0.25, 0.3) is 5.56 Å². The Morgan fingerprint density at radius 3 is 2.59 bits per heavy atom. The Balaban J connectivity index is 1.79. The summed E-state index contributed by atoms with van der Waals surface area (Å²) in [6.45, 7) is 0.237. The fourth-order valence-corrected chi connectivity index (χ4v) is 2.95. The van der Waals surface area contributed by atoms with Crippen LogP contribution in [0.2, 0.25) is 0 Å². The summed E-state index contributed by atoms with van der Waals surface area (Å²) in [6, 6.07) is 15.4. The lowest BCUT2D eigenvalue weighted by Gasteiger charge is -2.08. The maximum Gasteiger partial charge on any atom is 0.329 e. The Bertz CT molecular complexity index is 1300. The first-order chi connectivity index (χ1) is 14.0. The summed E-state index contributed by atoms with van der Waals surface area (Å²) < 4.78 is 16.1. The van der Waals surface area contributed by atoms with E-state index in [1.54, 1.807) is 22.9 Å². The molecule has 0 aliphatic heterocycles. The minimum atomic E-state index is -0.562. The zero-order valence-corrected chi connectivity index (χ0v) is 15.5. The molecule has 0 fully saturated rings. The summed E-state index contributed by atoms with van der Waals surface area (Å²) in [6.07, 6.45) is 1.62. The number of imidazole rings is 1. The van der Waals surface area contributed by atoms with Crippen molar-refractivity contribution >= 4 is 23.3 Å². The van der Waals surface area contributed by atoms with Crippen LogP contribution in [0.3, 0.4) is 0 Å². The number of benzene rings is 2. The molecule has 146 valence electrons. The van der Waals surface area contributed by atoms with Gasteiger partial charge in [0.05, 0.1) is 12.8 Å². The largest absolute Gasteiger partial charge is 0.329 e. The van der Waals surface area contributed by atoms with Gasteiger partial charge < -0.3 is 0 Å². The standard InChI is InChI=1S/C20H17FN6O2/c1-26-17-16(18(28)24-20(26)29)27(12-14-7-9-15(21)10-8-14)19(23-17)25-22-11-13-5-3-2-4-6-13/h2-11H,12H2,1H3,(H,23,25)(H,24,28,29). The molecule has 4 aromatic rings. The molecule has 0 radical (unpaired) electrons. The third-order valence-corrected chi connectivity index (χ3v) is 4.44. The van der Waals surface area contributed by atoms with Gasteiger partial charge in [0.2, 0.25) is 5.95 Å². The second-order valence-electron chi connectivity index (χ2n) is 6.42. The molecular weight excluding hydrogens is 375 g/mol. The number of rotatable bonds is 5. The van der Waals surface area contributed by atoms with Crippen LogP contribution in [0.1, 0.15) is 11.1 Å². The van der Waals surface area contributed by atoms with E-state index in [1.165, 1.54) is 23.7 Å². The van der Waals surface area contributed by atoms with Crippen LogP contribution < -0.4 is 16.7 Å². The average Bonchev–Trinajstić information content (AvgIpc) is 3.08. The van der Waals surface area contributed by atoms with Crippen LogP contribution >= 0.6 is 0 Å². The lowest BCUT2D eigenvalue weighted by molar-refractivity contribution is 0.626. The molecule has 0 unspecified atom stereocenters. The van der Waals surface area contributed by atoms with Crippen molar-refractivity contribution in [3.8, 4) is 0 Å². The minimum absolute atomic E-state index is 0.217. The number of aryl methyl sites for hydroxylation is 1. The first kappa shape index (κ1) is 18.4. The number of fused-ring (bicyclic) bond motifs is 1. The van der Waals surface area contributed by atoms with Gasteiger partial charge in [-0.1, -0.05) is 42.5 Å². The summed E-state index contributed by atoms with van der Waals surface area (Å²) in [5.74, 6) is -0.0708. The van der Waals surface area contributed by atoms with Gasteiger partial charge in [-0.15, -0.1) is 0 Å². The monoisotopic (exact) mass is 392 g/mol. The average molecular weight is 392 g/mol. The molecule has 9 heteroatoms. The molecular formula is C20H17FN6O2. The molecule has 0 amide bonds. The van der Waals surface area contributed by atoms with E-state index in [0.717, 1.165) is 11.1 Å². The number of aromatic amines is 1. The maximum atomic E-state index is 13.2. The van der Waals surface area contributed by atoms with E-state index in [9.17, 15) is 14.0 Å². The van der Waals surface area contributed by atoms with Gasteiger partial charge in [0.1, 0.15) is 5.82 Å². The van der Waals surface area contributed by atoms with Crippen molar-refractivity contribution in [2.75, 3.05) is 5.43 Å². The van der Waals surface area contributed by atoms with Crippen LogP contribution in [0.15, 0.2) is 69.3 Å². The van der Waals surface area contributed by atoms with Crippen LogP contribution in [-0.4, -0.2) is 25.3 Å². The Labute approximate surface area is 164 Å². The molecule has 0 saturated heterocycles. The molecule has 4 rings (SSSR count). The van der Waals surface area contributed by atoms with E-state index in [1.807, 2.05) is 30.3 Å². The Morgan fingerprint density at radius 2 is 1.86 bits per heavy atom. The Morgan fingerprint density at radius 1 is 1.14 bits per heavy atom. The lowest BCUT2D eigenvalue weighted by Crippen LogP contribution is -2.29. The van der Waals surface area contributed by atoms with Crippen LogP contribution in [0.4, 0.5) is 10.3 Å². The van der Waals surface area contributed by atoms with E-state index < -0.39 is 11.2 Å². The highest BCUT2D eigenvalue weighted by Crippen LogP contribution is 2.18. The molecule has 2 aromatic heterocycles. The molecule has 0 aliphatic carbocycles. The number of H-pyrrole nitrogens is 1. The highest BCUT2D eigenvalue weighted by atomic mass is 19.1. The summed E-state index contributed by atoms with van der Waals surface area (Å²) in [5.41, 5.74) is 3.79. The third kappa shape index (κ3) is 3.70. The van der Waals surface area contributed by atoms with Crippen molar-refractivity contribution in [3.63, 3.8) is 0 Å². The number of nitrogens with zero attached hydrogens (tertiary/aromatic N) is 4. The number of hydrogen-bond acceptors (Lipinski definition) is 5. The number of hydrogen-bond donors (Lipinski definition) is 2. The normalized spacial score (nSPS) is 11.4. The summed E-state index contributed by atoms with van der Waals surface area (Å²) in [5, 5.41) is 4.19. The van der Waals surface area contributed by atoms with E-state index in [0.29, 0.717) is 0 Å². The minimum Gasteiger partial charge on any atom is -0.298 e. The molecule has 0 bridgehead atoms. The zero-order valence-electron chi connectivity index (χ0n) is 15.5. The van der Waals surface area contributed by atoms with Gasteiger partial charge in [-0.05, 0) is 23.3 Å². The van der Waals surface area contributed by atoms with Gasteiger partial charge in [-0.2, -0.15) is 10.1 Å². The summed E-state index contributed by atoms with van der Waals surface area (Å²) in [7, 11) is 1.52. The van der Waals surface area contributed by atoms with Gasteiger partial charge >= 0.3 is 5.69 Å². The second kappa shape index (κ2) is 7.55. The molecule has 8 nitrogen and oxygen atoms in total. The fourth-order valence-electron chi connectivity index (χ4n) is 2.95. The van der Waals surface area contributed by atoms with Gasteiger partial charge in [0, 0.05) is 7.05 Å². The van der Waals surface area contributed by atoms with Crippen molar-refractivity contribution in [1.29, 1.82) is 0 Å². The van der Waals surface area contributed by atoms with Crippen LogP contribution in [-0.2, 0) is 13.6 Å². The van der Waals surface area contributed by atoms with Crippen LogP contribution in [0.5, 0.6) is 0 Å². The first-order valence-corrected chi connectivity index (χ1v) is 8.81. The van der Waals surface area contributed by atoms with Crippen molar-refractivity contribution < 1.29 is 4.39 Å². The van der Waals surface area contributed by atoms with E-state index >= 15 is 0 Å². The van der Waals surface area contributed by atoms with Crippen LogP contribution in [0.25, 0.3) is 11.2 Å². The molecule has 0 spiro atoms. The number of halogens is 1. The van der Waals surface area contributed by atoms with Crippen molar-refractivity contribution in [1.82, 2.24) is 19.1 Å². The fraction of sp³-hybridized carbons (Fsp3) is 0.100. The molecule has 2 heterocycles. The highest BCUT2D eigenvalue weighted by molar-refractivity contribution is 5.80. The van der Waals surface area contributed by atoms with Gasteiger partial charge in [0.15, 0.2) is 11.2 Å².